The first-order valence-corrected chi connectivity index (χ1v) is 7.13. The minimum Gasteiger partial charge on any atom is -0.359 e. The van der Waals surface area contributed by atoms with Gasteiger partial charge in [-0.2, -0.15) is 0 Å². The summed E-state index contributed by atoms with van der Waals surface area (Å²) in [6, 6.07) is 8.00. The second-order valence-electron chi connectivity index (χ2n) is 5.28. The minimum absolute atomic E-state index is 0.0839. The summed E-state index contributed by atoms with van der Waals surface area (Å²) < 4.78 is 0. The van der Waals surface area contributed by atoms with Gasteiger partial charge in [-0.25, -0.2) is 4.98 Å². The molecule has 20 heavy (non-hydrogen) atoms. The highest BCUT2D eigenvalue weighted by Gasteiger charge is 2.23. The number of hydrogen-bond acceptors (Lipinski definition) is 3. The number of likely N-dealkylation sites (N-methyl/N-ethyl adjacent to an activating group) is 1. The van der Waals surface area contributed by atoms with Crippen LogP contribution in [0.5, 0.6) is 0 Å². The molecule has 1 amide bonds. The Morgan fingerprint density at radius 3 is 3.00 bits per heavy atom. The van der Waals surface area contributed by atoms with Crippen molar-refractivity contribution >= 4 is 28.3 Å². The third-order valence-electron chi connectivity index (χ3n) is 3.77. The molecule has 1 aliphatic rings. The van der Waals surface area contributed by atoms with Gasteiger partial charge < -0.3 is 10.2 Å². The molecule has 0 aliphatic carbocycles. The second-order valence-corrected chi connectivity index (χ2v) is 5.28. The van der Waals surface area contributed by atoms with Gasteiger partial charge in [0, 0.05) is 31.0 Å². The van der Waals surface area contributed by atoms with E-state index in [2.05, 4.69) is 10.2 Å². The van der Waals surface area contributed by atoms with E-state index < -0.39 is 0 Å². The normalized spacial score (nSPS) is 13.6. The molecule has 1 N–H and O–H groups in total. The van der Waals surface area contributed by atoms with Crippen molar-refractivity contribution in [2.24, 2.45) is 0 Å². The third-order valence-corrected chi connectivity index (χ3v) is 3.77. The number of nitrogens with one attached hydrogen (secondary N) is 1. The van der Waals surface area contributed by atoms with Crippen molar-refractivity contribution in [1.29, 1.82) is 0 Å². The van der Waals surface area contributed by atoms with E-state index in [0.717, 1.165) is 47.4 Å². The van der Waals surface area contributed by atoms with Crippen molar-refractivity contribution in [2.75, 3.05) is 23.8 Å². The number of hydrogen-bond donors (Lipinski definition) is 1. The van der Waals surface area contributed by atoms with E-state index in [0.29, 0.717) is 6.42 Å². The molecule has 1 aromatic carbocycles. The van der Waals surface area contributed by atoms with Gasteiger partial charge in [-0.05, 0) is 18.9 Å². The van der Waals surface area contributed by atoms with Crippen molar-refractivity contribution in [3.63, 3.8) is 0 Å². The van der Waals surface area contributed by atoms with Crippen LogP contribution >= 0.6 is 0 Å². The van der Waals surface area contributed by atoms with E-state index in [-0.39, 0.29) is 5.91 Å². The Balaban J connectivity index is 2.15. The van der Waals surface area contributed by atoms with Gasteiger partial charge in [0.15, 0.2) is 0 Å². The number of pyridine rings is 1. The lowest BCUT2D eigenvalue weighted by Crippen LogP contribution is -2.14. The minimum atomic E-state index is 0.0839. The fourth-order valence-electron chi connectivity index (χ4n) is 2.75. The molecule has 0 saturated heterocycles. The number of anilines is 2. The van der Waals surface area contributed by atoms with Crippen molar-refractivity contribution in [1.82, 2.24) is 4.98 Å². The lowest BCUT2D eigenvalue weighted by atomic mass is 10.1. The summed E-state index contributed by atoms with van der Waals surface area (Å²) in [6.45, 7) is 2.97. The number of nitrogens with zero attached hydrogens (tertiary/aromatic N) is 2. The van der Waals surface area contributed by atoms with Crippen LogP contribution < -0.4 is 10.2 Å². The highest BCUT2D eigenvalue weighted by Crippen LogP contribution is 2.36. The summed E-state index contributed by atoms with van der Waals surface area (Å²) in [5.74, 6) is 1.08. The molecule has 1 aromatic heterocycles. The summed E-state index contributed by atoms with van der Waals surface area (Å²) in [4.78, 5) is 18.9. The molecule has 0 saturated carbocycles. The molecule has 4 heteroatoms. The van der Waals surface area contributed by atoms with E-state index >= 15 is 0 Å². The Kier molecular flexibility index (Phi) is 3.30. The number of aromatic nitrogens is 1. The largest absolute Gasteiger partial charge is 0.359 e. The van der Waals surface area contributed by atoms with Gasteiger partial charge in [0.05, 0.1) is 11.2 Å². The maximum atomic E-state index is 12.0. The topological polar surface area (TPSA) is 45.2 Å². The van der Waals surface area contributed by atoms with E-state index in [9.17, 15) is 4.79 Å². The van der Waals surface area contributed by atoms with E-state index in [4.69, 9.17) is 4.98 Å². The van der Waals surface area contributed by atoms with Crippen LogP contribution in [0.2, 0.25) is 0 Å². The van der Waals surface area contributed by atoms with Crippen molar-refractivity contribution in [3.05, 3.63) is 29.8 Å². The van der Waals surface area contributed by atoms with E-state index in [1.54, 1.807) is 0 Å². The van der Waals surface area contributed by atoms with Crippen molar-refractivity contribution in [3.8, 4) is 0 Å². The van der Waals surface area contributed by atoms with Crippen LogP contribution in [-0.4, -0.2) is 24.5 Å². The van der Waals surface area contributed by atoms with Crippen molar-refractivity contribution in [2.45, 2.75) is 26.2 Å². The Hall–Kier alpha value is -2.10. The standard InChI is InChI=1S/C16H19N3O/c1-3-6-14(20)18-15-11-7-4-5-8-13(11)17-16-12(15)9-10-19(16)2/h4-5,7-8H,3,6,9-10H2,1-2H3,(H,17,18,20). The molecule has 0 unspecified atom stereocenters. The lowest BCUT2D eigenvalue weighted by molar-refractivity contribution is -0.116. The van der Waals surface area contributed by atoms with Gasteiger partial charge in [-0.15, -0.1) is 0 Å². The summed E-state index contributed by atoms with van der Waals surface area (Å²) in [7, 11) is 2.05. The van der Waals surface area contributed by atoms with Crippen molar-refractivity contribution < 1.29 is 4.79 Å². The second kappa shape index (κ2) is 5.12. The van der Waals surface area contributed by atoms with Gasteiger partial charge in [0.25, 0.3) is 0 Å². The predicted molar refractivity (Wildman–Crippen MR) is 82.3 cm³/mol. The van der Waals surface area contributed by atoms with Crippen LogP contribution in [-0.2, 0) is 11.2 Å². The SMILES string of the molecule is CCCC(=O)Nc1c2c(nc3ccccc13)N(C)CC2. The first-order chi connectivity index (χ1) is 9.70. The predicted octanol–water partition coefficient (Wildman–Crippen LogP) is 2.97. The molecular weight excluding hydrogens is 250 g/mol. The van der Waals surface area contributed by atoms with Crippen LogP contribution in [0.25, 0.3) is 10.9 Å². The molecule has 0 bridgehead atoms. The summed E-state index contributed by atoms with van der Waals surface area (Å²) in [6.07, 6.45) is 2.35. The smallest absolute Gasteiger partial charge is 0.224 e. The highest BCUT2D eigenvalue weighted by atomic mass is 16.1. The maximum absolute atomic E-state index is 12.0. The molecule has 3 rings (SSSR count). The van der Waals surface area contributed by atoms with E-state index in [1.807, 2.05) is 38.2 Å². The summed E-state index contributed by atoms with van der Waals surface area (Å²) in [5, 5.41) is 4.13. The molecule has 2 aromatic rings. The summed E-state index contributed by atoms with van der Waals surface area (Å²) >= 11 is 0. The lowest BCUT2D eigenvalue weighted by Gasteiger charge is -2.15. The average Bonchev–Trinajstić information content (AvgIpc) is 2.81. The van der Waals surface area contributed by atoms with Gasteiger partial charge in [-0.3, -0.25) is 4.79 Å². The van der Waals surface area contributed by atoms with Gasteiger partial charge in [0.1, 0.15) is 5.82 Å². The molecule has 2 heterocycles. The molecule has 104 valence electrons. The van der Waals surface area contributed by atoms with Gasteiger partial charge >= 0.3 is 0 Å². The fourth-order valence-corrected chi connectivity index (χ4v) is 2.75. The van der Waals surface area contributed by atoms with Crippen LogP contribution in [0, 0.1) is 0 Å². The molecular formula is C16H19N3O. The Labute approximate surface area is 118 Å². The number of para-hydroxylation sites is 1. The number of benzene rings is 1. The molecule has 0 spiro atoms. The number of rotatable bonds is 3. The van der Waals surface area contributed by atoms with Crippen LogP contribution in [0.3, 0.4) is 0 Å². The molecule has 0 radical (unpaired) electrons. The monoisotopic (exact) mass is 269 g/mol. The van der Waals surface area contributed by atoms with Crippen LogP contribution in [0.4, 0.5) is 11.5 Å². The summed E-state index contributed by atoms with van der Waals surface area (Å²) in [5.41, 5.74) is 3.05. The maximum Gasteiger partial charge on any atom is 0.224 e. The Bertz CT molecular complexity index is 666. The number of fused-ring (bicyclic) bond motifs is 2. The quantitative estimate of drug-likeness (QED) is 0.931. The third kappa shape index (κ3) is 2.11. The molecule has 0 atom stereocenters. The Morgan fingerprint density at radius 1 is 1.40 bits per heavy atom. The van der Waals surface area contributed by atoms with Crippen LogP contribution in [0.1, 0.15) is 25.3 Å². The first kappa shape index (κ1) is 12.9. The average molecular weight is 269 g/mol. The zero-order valence-electron chi connectivity index (χ0n) is 11.9. The number of carbonyl (C=O) groups excluding carboxylic acids is 1. The van der Waals surface area contributed by atoms with Gasteiger partial charge in [-0.1, -0.05) is 25.1 Å². The number of carbonyl (C=O) groups is 1. The van der Waals surface area contributed by atoms with Crippen LogP contribution in [0.15, 0.2) is 24.3 Å². The highest BCUT2D eigenvalue weighted by molar-refractivity contribution is 6.04. The Morgan fingerprint density at radius 2 is 2.20 bits per heavy atom. The zero-order valence-corrected chi connectivity index (χ0v) is 11.9. The zero-order chi connectivity index (χ0) is 14.1. The first-order valence-electron chi connectivity index (χ1n) is 7.13. The molecule has 1 aliphatic heterocycles. The molecule has 4 nitrogen and oxygen atoms in total. The number of amides is 1. The fraction of sp³-hybridized carbons (Fsp3) is 0.375. The van der Waals surface area contributed by atoms with Gasteiger partial charge in [0.2, 0.25) is 5.91 Å². The molecule has 0 fully saturated rings. The van der Waals surface area contributed by atoms with E-state index in [1.165, 1.54) is 0 Å².